The molecule has 0 aromatic heterocycles. The highest BCUT2D eigenvalue weighted by Gasteiger charge is 2.04. The molecule has 2 aromatic carbocycles. The Morgan fingerprint density at radius 2 is 1.85 bits per heavy atom. The summed E-state index contributed by atoms with van der Waals surface area (Å²) < 4.78 is 13.1. The third-order valence-corrected chi connectivity index (χ3v) is 4.73. The molecule has 0 aliphatic rings. The van der Waals surface area contributed by atoms with E-state index in [0.29, 0.717) is 29.2 Å². The van der Waals surface area contributed by atoms with Gasteiger partial charge >= 0.3 is 0 Å². The van der Waals surface area contributed by atoms with Crippen LogP contribution in [0.5, 0.6) is 0 Å². The second-order valence-electron chi connectivity index (χ2n) is 5.69. The van der Waals surface area contributed by atoms with E-state index in [-0.39, 0.29) is 22.6 Å². The fourth-order valence-electron chi connectivity index (χ4n) is 2.12. The van der Waals surface area contributed by atoms with Crippen molar-refractivity contribution < 1.29 is 14.0 Å². The van der Waals surface area contributed by atoms with Crippen molar-refractivity contribution in [3.05, 3.63) is 65.5 Å². The Kier molecular flexibility index (Phi) is 8.22. The molecule has 0 spiro atoms. The number of rotatable bonds is 7. The molecular weight excluding hydrogens is 385 g/mol. The molecule has 0 saturated carbocycles. The molecule has 0 fully saturated rings. The van der Waals surface area contributed by atoms with Gasteiger partial charge in [-0.2, -0.15) is 11.8 Å². The molecule has 0 aliphatic heterocycles. The summed E-state index contributed by atoms with van der Waals surface area (Å²) in [6.45, 7) is 1.50. The number of amides is 1. The van der Waals surface area contributed by atoms with E-state index in [2.05, 4.69) is 16.2 Å². The van der Waals surface area contributed by atoms with Crippen molar-refractivity contribution in [2.45, 2.75) is 19.1 Å². The third kappa shape index (κ3) is 7.76. The maximum Gasteiger partial charge on any atom is 0.239 e. The van der Waals surface area contributed by atoms with Crippen LogP contribution in [0.1, 0.15) is 29.3 Å². The monoisotopic (exact) mass is 405 g/mol. The van der Waals surface area contributed by atoms with Gasteiger partial charge in [-0.05, 0) is 61.1 Å². The summed E-state index contributed by atoms with van der Waals surface area (Å²) in [5, 5.41) is 3.15. The van der Waals surface area contributed by atoms with Crippen molar-refractivity contribution in [3.8, 4) is 0 Å². The molecular formula is C19H20FN3O2S2. The summed E-state index contributed by atoms with van der Waals surface area (Å²) in [6, 6.07) is 13.3. The second-order valence-corrected chi connectivity index (χ2v) is 7.21. The van der Waals surface area contributed by atoms with Gasteiger partial charge in [0.25, 0.3) is 0 Å². The minimum atomic E-state index is -0.257. The summed E-state index contributed by atoms with van der Waals surface area (Å²) in [6.07, 6.45) is 0.308. The van der Waals surface area contributed by atoms with E-state index in [1.165, 1.54) is 19.1 Å². The molecule has 5 nitrogen and oxygen atoms in total. The number of nitrogens with one attached hydrogen (secondary N) is 3. The molecule has 2 rings (SSSR count). The fraction of sp³-hybridized carbons (Fsp3) is 0.211. The van der Waals surface area contributed by atoms with Crippen LogP contribution < -0.4 is 16.2 Å². The summed E-state index contributed by atoms with van der Waals surface area (Å²) in [5.41, 5.74) is 7.36. The molecule has 2 aromatic rings. The maximum atomic E-state index is 13.1. The molecule has 3 N–H and O–H groups in total. The Balaban J connectivity index is 1.63. The third-order valence-electron chi connectivity index (χ3n) is 3.50. The molecule has 1 amide bonds. The Morgan fingerprint density at radius 3 is 2.52 bits per heavy atom. The number of benzene rings is 2. The van der Waals surface area contributed by atoms with Crippen LogP contribution in [0.25, 0.3) is 0 Å². The number of thiocarbonyl (C=S) groups is 1. The number of ketones is 1. The molecule has 8 heteroatoms. The van der Waals surface area contributed by atoms with E-state index in [0.717, 1.165) is 5.56 Å². The molecule has 0 heterocycles. The van der Waals surface area contributed by atoms with Gasteiger partial charge in [-0.15, -0.1) is 0 Å². The van der Waals surface area contributed by atoms with Gasteiger partial charge in [-0.3, -0.25) is 20.4 Å². The first-order valence-electron chi connectivity index (χ1n) is 8.23. The number of thioether (sulfide) groups is 1. The molecule has 0 unspecified atom stereocenters. The van der Waals surface area contributed by atoms with Crippen LogP contribution in [-0.2, 0) is 10.5 Å². The van der Waals surface area contributed by atoms with Gasteiger partial charge in [0.15, 0.2) is 10.9 Å². The average Bonchev–Trinajstić information content (AvgIpc) is 2.64. The number of hydrogen-bond donors (Lipinski definition) is 3. The Labute approximate surface area is 167 Å². The zero-order valence-corrected chi connectivity index (χ0v) is 16.4. The summed E-state index contributed by atoms with van der Waals surface area (Å²) in [7, 11) is 0. The molecule has 0 bridgehead atoms. The first-order chi connectivity index (χ1) is 12.9. The molecule has 27 heavy (non-hydrogen) atoms. The standard InChI is InChI=1S/C19H20FN3O2S2/c1-13(24)15-5-7-17(8-6-15)21-19(26)23-22-18(25)9-10-27-12-14-3-2-4-16(20)11-14/h2-8,11H,9-10,12H2,1H3,(H,22,25)(H2,21,23,26). The number of carbonyl (C=O) groups is 2. The molecule has 0 aliphatic carbocycles. The number of Topliss-reactive ketones (excluding diaryl/α,β-unsaturated/α-hetero) is 1. The molecule has 142 valence electrons. The highest BCUT2D eigenvalue weighted by atomic mass is 32.2. The van der Waals surface area contributed by atoms with Gasteiger partial charge in [-0.25, -0.2) is 4.39 Å². The van der Waals surface area contributed by atoms with Crippen molar-refractivity contribution in [1.29, 1.82) is 0 Å². The van der Waals surface area contributed by atoms with E-state index < -0.39 is 0 Å². The van der Waals surface area contributed by atoms with Gasteiger partial charge in [-0.1, -0.05) is 12.1 Å². The zero-order chi connectivity index (χ0) is 19.6. The van der Waals surface area contributed by atoms with E-state index >= 15 is 0 Å². The van der Waals surface area contributed by atoms with E-state index in [1.807, 2.05) is 6.07 Å². The maximum absolute atomic E-state index is 13.1. The Hall–Kier alpha value is -2.45. The lowest BCUT2D eigenvalue weighted by molar-refractivity contribution is -0.121. The highest BCUT2D eigenvalue weighted by molar-refractivity contribution is 7.98. The topological polar surface area (TPSA) is 70.2 Å². The average molecular weight is 406 g/mol. The number of hydrogen-bond acceptors (Lipinski definition) is 4. The summed E-state index contributed by atoms with van der Waals surface area (Å²) in [4.78, 5) is 23.0. The predicted octanol–water partition coefficient (Wildman–Crippen LogP) is 3.67. The second kappa shape index (κ2) is 10.6. The van der Waals surface area contributed by atoms with Crippen LogP contribution in [0.2, 0.25) is 0 Å². The number of carbonyl (C=O) groups excluding carboxylic acids is 2. The lowest BCUT2D eigenvalue weighted by Crippen LogP contribution is -2.43. The normalized spacial score (nSPS) is 10.1. The molecule has 0 radical (unpaired) electrons. The zero-order valence-electron chi connectivity index (χ0n) is 14.8. The predicted molar refractivity (Wildman–Crippen MR) is 111 cm³/mol. The first kappa shape index (κ1) is 20.9. The van der Waals surface area contributed by atoms with Gasteiger partial charge < -0.3 is 5.32 Å². The largest absolute Gasteiger partial charge is 0.331 e. The van der Waals surface area contributed by atoms with E-state index in [1.54, 1.807) is 42.1 Å². The van der Waals surface area contributed by atoms with Gasteiger partial charge in [0.2, 0.25) is 5.91 Å². The van der Waals surface area contributed by atoms with Crippen molar-refractivity contribution >= 4 is 46.5 Å². The summed E-state index contributed by atoms with van der Waals surface area (Å²) in [5.74, 6) is 0.792. The highest BCUT2D eigenvalue weighted by Crippen LogP contribution is 2.14. The van der Waals surface area contributed by atoms with Crippen LogP contribution in [0.15, 0.2) is 48.5 Å². The minimum absolute atomic E-state index is 0.00946. The van der Waals surface area contributed by atoms with Gasteiger partial charge in [0, 0.05) is 29.2 Å². The lowest BCUT2D eigenvalue weighted by Gasteiger charge is -2.11. The van der Waals surface area contributed by atoms with Gasteiger partial charge in [0.1, 0.15) is 5.82 Å². The Morgan fingerprint density at radius 1 is 1.11 bits per heavy atom. The molecule has 0 atom stereocenters. The minimum Gasteiger partial charge on any atom is -0.331 e. The lowest BCUT2D eigenvalue weighted by atomic mass is 10.1. The molecule has 0 saturated heterocycles. The number of hydrazine groups is 1. The SMILES string of the molecule is CC(=O)c1ccc(NC(=S)NNC(=O)CCSCc2cccc(F)c2)cc1. The smallest absolute Gasteiger partial charge is 0.239 e. The quantitative estimate of drug-likeness (QED) is 0.283. The first-order valence-corrected chi connectivity index (χ1v) is 9.79. The van der Waals surface area contributed by atoms with Crippen molar-refractivity contribution in [3.63, 3.8) is 0 Å². The fourth-order valence-corrected chi connectivity index (χ4v) is 3.18. The van der Waals surface area contributed by atoms with Crippen LogP contribution in [-0.4, -0.2) is 22.6 Å². The van der Waals surface area contributed by atoms with Crippen LogP contribution >= 0.6 is 24.0 Å². The van der Waals surface area contributed by atoms with Crippen LogP contribution in [0, 0.1) is 5.82 Å². The van der Waals surface area contributed by atoms with E-state index in [9.17, 15) is 14.0 Å². The van der Waals surface area contributed by atoms with Crippen molar-refractivity contribution in [2.75, 3.05) is 11.1 Å². The van der Waals surface area contributed by atoms with Crippen LogP contribution in [0.3, 0.4) is 0 Å². The van der Waals surface area contributed by atoms with Crippen molar-refractivity contribution in [1.82, 2.24) is 10.9 Å². The Bertz CT molecular complexity index is 813. The number of halogens is 1. The summed E-state index contributed by atoms with van der Waals surface area (Å²) >= 11 is 6.66. The van der Waals surface area contributed by atoms with E-state index in [4.69, 9.17) is 12.2 Å². The van der Waals surface area contributed by atoms with Gasteiger partial charge in [0.05, 0.1) is 0 Å². The van der Waals surface area contributed by atoms with Crippen LogP contribution in [0.4, 0.5) is 10.1 Å². The van der Waals surface area contributed by atoms with Crippen molar-refractivity contribution in [2.24, 2.45) is 0 Å². The number of anilines is 1.